The molecule has 1 rings (SSSR count). The number of rotatable bonds is 4. The maximum absolute atomic E-state index is 12.1. The summed E-state index contributed by atoms with van der Waals surface area (Å²) in [5, 5.41) is 0. The third kappa shape index (κ3) is 2.44. The molecule has 1 amide bonds. The third-order valence-electron chi connectivity index (χ3n) is 3.15. The van der Waals surface area contributed by atoms with Gasteiger partial charge >= 0.3 is 0 Å². The highest BCUT2D eigenvalue weighted by Crippen LogP contribution is 2.20. The fourth-order valence-electron chi connectivity index (χ4n) is 1.28. The largest absolute Gasteiger partial charge is 0.455 e. The lowest BCUT2D eigenvalue weighted by molar-refractivity contribution is 0.0586. The van der Waals surface area contributed by atoms with Crippen molar-refractivity contribution in [3.05, 3.63) is 23.7 Å². The summed E-state index contributed by atoms with van der Waals surface area (Å²) in [6, 6.07) is 3.41. The van der Waals surface area contributed by atoms with Gasteiger partial charge in [0.2, 0.25) is 0 Å². The predicted molar refractivity (Wildman–Crippen MR) is 63.1 cm³/mol. The summed E-state index contributed by atoms with van der Waals surface area (Å²) in [5.74, 6) is 0.877. The van der Waals surface area contributed by atoms with Crippen LogP contribution in [0.2, 0.25) is 0 Å². The van der Waals surface area contributed by atoms with Gasteiger partial charge in [0.05, 0.1) is 6.54 Å². The summed E-state index contributed by atoms with van der Waals surface area (Å²) in [7, 11) is 1.79. The van der Waals surface area contributed by atoms with E-state index >= 15 is 0 Å². The first kappa shape index (κ1) is 12.8. The van der Waals surface area contributed by atoms with Crippen molar-refractivity contribution in [3.63, 3.8) is 0 Å². The molecule has 4 heteroatoms. The van der Waals surface area contributed by atoms with Crippen molar-refractivity contribution < 1.29 is 9.21 Å². The summed E-state index contributed by atoms with van der Waals surface area (Å²) in [5.41, 5.74) is 5.26. The molecule has 0 radical (unpaired) electrons. The van der Waals surface area contributed by atoms with Gasteiger partial charge in [-0.25, -0.2) is 0 Å². The van der Waals surface area contributed by atoms with Crippen LogP contribution in [0.25, 0.3) is 0 Å². The molecule has 0 aliphatic heterocycles. The van der Waals surface area contributed by atoms with Gasteiger partial charge < -0.3 is 15.1 Å². The minimum atomic E-state index is -0.174. The Bertz CT molecular complexity index is 369. The quantitative estimate of drug-likeness (QED) is 0.851. The Kier molecular flexibility index (Phi) is 3.75. The minimum Gasteiger partial charge on any atom is -0.455 e. The van der Waals surface area contributed by atoms with Gasteiger partial charge in [0.15, 0.2) is 5.76 Å². The molecule has 0 fully saturated rings. The van der Waals surface area contributed by atoms with Crippen LogP contribution in [0.3, 0.4) is 0 Å². The van der Waals surface area contributed by atoms with E-state index in [1.54, 1.807) is 24.1 Å². The van der Waals surface area contributed by atoms with E-state index in [4.69, 9.17) is 10.2 Å². The molecule has 16 heavy (non-hydrogen) atoms. The summed E-state index contributed by atoms with van der Waals surface area (Å²) in [6.45, 7) is 6.42. The SMILES string of the molecule is CCC(C)(C)N(C)C(=O)c1ccc(CN)o1. The lowest BCUT2D eigenvalue weighted by Gasteiger charge is -2.34. The first-order chi connectivity index (χ1) is 7.42. The molecule has 0 atom stereocenters. The smallest absolute Gasteiger partial charge is 0.289 e. The molecule has 0 aliphatic carbocycles. The van der Waals surface area contributed by atoms with E-state index < -0.39 is 0 Å². The molecular weight excluding hydrogens is 204 g/mol. The molecule has 1 heterocycles. The average molecular weight is 224 g/mol. The lowest BCUT2D eigenvalue weighted by Crippen LogP contribution is -2.44. The second-order valence-corrected chi connectivity index (χ2v) is 4.50. The maximum Gasteiger partial charge on any atom is 0.289 e. The molecule has 0 saturated carbocycles. The van der Waals surface area contributed by atoms with Gasteiger partial charge in [-0.3, -0.25) is 4.79 Å². The Balaban J connectivity index is 2.85. The third-order valence-corrected chi connectivity index (χ3v) is 3.15. The first-order valence-corrected chi connectivity index (χ1v) is 5.49. The van der Waals surface area contributed by atoms with Crippen LogP contribution in [0.1, 0.15) is 43.5 Å². The fraction of sp³-hybridized carbons (Fsp3) is 0.583. The van der Waals surface area contributed by atoms with E-state index in [1.165, 1.54) is 0 Å². The van der Waals surface area contributed by atoms with Gasteiger partial charge in [-0.05, 0) is 32.4 Å². The van der Waals surface area contributed by atoms with E-state index in [1.807, 2.05) is 13.8 Å². The Morgan fingerprint density at radius 3 is 2.56 bits per heavy atom. The van der Waals surface area contributed by atoms with E-state index in [9.17, 15) is 4.79 Å². The Hall–Kier alpha value is -1.29. The van der Waals surface area contributed by atoms with Crippen LogP contribution in [0.5, 0.6) is 0 Å². The van der Waals surface area contributed by atoms with Crippen molar-refractivity contribution in [3.8, 4) is 0 Å². The fourth-order valence-corrected chi connectivity index (χ4v) is 1.28. The summed E-state index contributed by atoms with van der Waals surface area (Å²) < 4.78 is 5.34. The molecule has 0 unspecified atom stereocenters. The molecule has 0 spiro atoms. The van der Waals surface area contributed by atoms with Crippen LogP contribution in [0.15, 0.2) is 16.5 Å². The maximum atomic E-state index is 12.1. The number of hydrogen-bond donors (Lipinski definition) is 1. The van der Waals surface area contributed by atoms with Crippen molar-refractivity contribution in [2.45, 2.75) is 39.3 Å². The van der Waals surface area contributed by atoms with Crippen LogP contribution in [0.4, 0.5) is 0 Å². The number of carbonyl (C=O) groups excluding carboxylic acids is 1. The number of amides is 1. The van der Waals surface area contributed by atoms with Crippen LogP contribution < -0.4 is 5.73 Å². The van der Waals surface area contributed by atoms with E-state index in [2.05, 4.69) is 6.92 Å². The van der Waals surface area contributed by atoms with Crippen molar-refractivity contribution in [2.75, 3.05) is 7.05 Å². The highest BCUT2D eigenvalue weighted by molar-refractivity contribution is 5.91. The van der Waals surface area contributed by atoms with Gasteiger partial charge in [0, 0.05) is 12.6 Å². The van der Waals surface area contributed by atoms with E-state index in [-0.39, 0.29) is 11.4 Å². The van der Waals surface area contributed by atoms with Gasteiger partial charge in [-0.1, -0.05) is 6.92 Å². The standard InChI is InChI=1S/C12H20N2O2/c1-5-12(2,3)14(4)11(15)10-7-6-9(8-13)16-10/h6-7H,5,8,13H2,1-4H3. The van der Waals surface area contributed by atoms with Crippen LogP contribution in [0, 0.1) is 0 Å². The molecular formula is C12H20N2O2. The van der Waals surface area contributed by atoms with Gasteiger partial charge in [-0.15, -0.1) is 0 Å². The second-order valence-electron chi connectivity index (χ2n) is 4.50. The average Bonchev–Trinajstić information content (AvgIpc) is 2.75. The van der Waals surface area contributed by atoms with Crippen molar-refractivity contribution in [2.24, 2.45) is 5.73 Å². The Labute approximate surface area is 96.4 Å². The summed E-state index contributed by atoms with van der Waals surface area (Å²) >= 11 is 0. The van der Waals surface area contributed by atoms with Crippen molar-refractivity contribution in [1.82, 2.24) is 4.90 Å². The zero-order valence-electron chi connectivity index (χ0n) is 10.4. The van der Waals surface area contributed by atoms with Gasteiger partial charge in [0.25, 0.3) is 5.91 Å². The molecule has 0 aromatic carbocycles. The molecule has 1 aromatic heterocycles. The number of nitrogens with two attached hydrogens (primary N) is 1. The normalized spacial score (nSPS) is 11.6. The molecule has 2 N–H and O–H groups in total. The van der Waals surface area contributed by atoms with Gasteiger partial charge in [0.1, 0.15) is 5.76 Å². The van der Waals surface area contributed by atoms with Crippen LogP contribution in [-0.2, 0) is 6.54 Å². The molecule has 0 saturated heterocycles. The lowest BCUT2D eigenvalue weighted by atomic mass is 10.00. The van der Waals surface area contributed by atoms with E-state index in [0.29, 0.717) is 18.1 Å². The van der Waals surface area contributed by atoms with E-state index in [0.717, 1.165) is 6.42 Å². The molecule has 0 aliphatic rings. The molecule has 90 valence electrons. The van der Waals surface area contributed by atoms with Crippen LogP contribution >= 0.6 is 0 Å². The highest BCUT2D eigenvalue weighted by atomic mass is 16.4. The van der Waals surface area contributed by atoms with Crippen molar-refractivity contribution >= 4 is 5.91 Å². The number of hydrogen-bond acceptors (Lipinski definition) is 3. The minimum absolute atomic E-state index is 0.105. The zero-order valence-corrected chi connectivity index (χ0v) is 10.4. The Morgan fingerprint density at radius 2 is 2.12 bits per heavy atom. The predicted octanol–water partition coefficient (Wildman–Crippen LogP) is 2.00. The monoisotopic (exact) mass is 224 g/mol. The first-order valence-electron chi connectivity index (χ1n) is 5.49. The second kappa shape index (κ2) is 4.70. The topological polar surface area (TPSA) is 59.5 Å². The molecule has 1 aromatic rings. The number of furan rings is 1. The number of nitrogens with zero attached hydrogens (tertiary/aromatic N) is 1. The zero-order chi connectivity index (χ0) is 12.3. The Morgan fingerprint density at radius 1 is 1.50 bits per heavy atom. The summed E-state index contributed by atoms with van der Waals surface area (Å²) in [4.78, 5) is 13.8. The van der Waals surface area contributed by atoms with Crippen LogP contribution in [-0.4, -0.2) is 23.4 Å². The summed E-state index contributed by atoms with van der Waals surface area (Å²) in [6.07, 6.45) is 0.889. The number of carbonyl (C=O) groups is 1. The highest BCUT2D eigenvalue weighted by Gasteiger charge is 2.28. The molecule has 4 nitrogen and oxygen atoms in total. The van der Waals surface area contributed by atoms with Gasteiger partial charge in [-0.2, -0.15) is 0 Å². The molecule has 0 bridgehead atoms. The van der Waals surface area contributed by atoms with Crippen molar-refractivity contribution in [1.29, 1.82) is 0 Å².